The predicted molar refractivity (Wildman–Crippen MR) is 269 cm³/mol. The molecule has 4 amide bonds. The standard InChI is InChI=1S/C38H65N5O17S.C9H15NO6/c1-28(45)59-43(60-29(2)46)32(38(53)54)12-13-35(49)41-30(33(47)14-17-55-19-21-57-23-24-58-22-20-56-18-16-39-27-44)25-36(50)40-15-10-8-6-4-3-5-7-9-11-34(48)42-31(26-61)37(51)52;1-4-5-8(9(13)14)10(15-6(2)11)16-7(3)12/h27,30-32,61H,3-26H2,1-2H3,(H,39,44)(H,40,50)(H,41,49)(H,42,48)(H,51,52)(H,53,54);8H,4-5H2,1-3H3,(H,13,14). The van der Waals surface area contributed by atoms with E-state index in [2.05, 4.69) is 53.2 Å². The van der Waals surface area contributed by atoms with Crippen LogP contribution in [-0.2, 0) is 95.8 Å². The number of hydrogen-bond donors (Lipinski definition) is 8. The third-order valence-electron chi connectivity index (χ3n) is 9.83. The van der Waals surface area contributed by atoms with Crippen LogP contribution in [-0.4, -0.2) is 193 Å². The van der Waals surface area contributed by atoms with Crippen molar-refractivity contribution in [1.29, 1.82) is 0 Å². The van der Waals surface area contributed by atoms with E-state index in [-0.39, 0.29) is 56.0 Å². The zero-order valence-corrected chi connectivity index (χ0v) is 45.5. The highest BCUT2D eigenvalue weighted by atomic mass is 32.1. The van der Waals surface area contributed by atoms with E-state index >= 15 is 0 Å². The first-order valence-corrected chi connectivity index (χ1v) is 25.7. The molecule has 442 valence electrons. The molecule has 7 N–H and O–H groups in total. The molecule has 29 nitrogen and oxygen atoms in total. The Labute approximate surface area is 452 Å². The Morgan fingerprint density at radius 3 is 1.34 bits per heavy atom. The average Bonchev–Trinajstić information content (AvgIpc) is 3.34. The SMILES string of the molecule is CC(=O)ON(OC(C)=O)C(CCC(=O)NC(CC(=O)NCCCCCCCCCCC(=O)NC(CS)C(=O)O)C(=O)CCOCCOCCOCCOCCNC=O)C(=O)O.CCCC(C(=O)O)N(OC(C)=O)OC(C)=O. The number of carbonyl (C=O) groups excluding carboxylic acids is 9. The van der Waals surface area contributed by atoms with Gasteiger partial charge in [0.05, 0.1) is 65.3 Å². The maximum Gasteiger partial charge on any atom is 0.328 e. The number of rotatable bonds is 47. The summed E-state index contributed by atoms with van der Waals surface area (Å²) < 4.78 is 21.5. The number of nitrogens with zero attached hydrogens (tertiary/aromatic N) is 2. The van der Waals surface area contributed by atoms with E-state index in [1.807, 2.05) is 0 Å². The van der Waals surface area contributed by atoms with Crippen LogP contribution in [0.2, 0.25) is 0 Å². The summed E-state index contributed by atoms with van der Waals surface area (Å²) in [6.07, 6.45) is 6.71. The Kier molecular flexibility index (Phi) is 44.7. The first-order chi connectivity index (χ1) is 36.6. The fourth-order valence-corrected chi connectivity index (χ4v) is 6.44. The Bertz CT molecular complexity index is 1770. The highest BCUT2D eigenvalue weighted by Gasteiger charge is 2.34. The zero-order valence-electron chi connectivity index (χ0n) is 44.6. The molecule has 0 heterocycles. The number of carboxylic acid groups (broad SMARTS) is 3. The van der Waals surface area contributed by atoms with Crippen LogP contribution in [0.25, 0.3) is 0 Å². The lowest BCUT2D eigenvalue weighted by atomic mass is 10.0. The molecule has 77 heavy (non-hydrogen) atoms. The van der Waals surface area contributed by atoms with Crippen LogP contribution < -0.4 is 21.3 Å². The molecule has 0 aromatic rings. The second-order valence-electron chi connectivity index (χ2n) is 16.6. The molecular weight excluding hydrogens is 1050 g/mol. The number of Topliss-reactive ketones (excluding diaryl/α,β-unsaturated/α-hetero) is 1. The number of hydroxylamine groups is 4. The summed E-state index contributed by atoms with van der Waals surface area (Å²) in [5, 5.41) is 38.3. The predicted octanol–water partition coefficient (Wildman–Crippen LogP) is 0.749. The lowest BCUT2D eigenvalue weighted by Gasteiger charge is -2.24. The van der Waals surface area contributed by atoms with Gasteiger partial charge in [0.1, 0.15) is 6.04 Å². The Balaban J connectivity index is 0. The maximum atomic E-state index is 13.2. The molecule has 0 fully saturated rings. The number of amides is 4. The molecule has 0 aliphatic rings. The number of thiol groups is 1. The van der Waals surface area contributed by atoms with E-state index in [1.165, 1.54) is 0 Å². The second kappa shape index (κ2) is 47.2. The second-order valence-corrected chi connectivity index (χ2v) is 16.9. The molecule has 0 rings (SSSR count). The Hall–Kier alpha value is -6.05. The van der Waals surface area contributed by atoms with Crippen molar-refractivity contribution in [3.05, 3.63) is 0 Å². The third kappa shape index (κ3) is 42.7. The van der Waals surface area contributed by atoms with Gasteiger partial charge in [-0.05, 0) is 25.7 Å². The van der Waals surface area contributed by atoms with Crippen molar-refractivity contribution in [1.82, 2.24) is 31.7 Å². The summed E-state index contributed by atoms with van der Waals surface area (Å²) in [6, 6.07) is -5.23. The number of carboxylic acids is 3. The van der Waals surface area contributed by atoms with Crippen LogP contribution in [0.3, 0.4) is 0 Å². The maximum absolute atomic E-state index is 13.2. The van der Waals surface area contributed by atoms with E-state index in [1.54, 1.807) is 6.92 Å². The van der Waals surface area contributed by atoms with Gasteiger partial charge < -0.3 is 74.9 Å². The van der Waals surface area contributed by atoms with Gasteiger partial charge >= 0.3 is 41.8 Å². The summed E-state index contributed by atoms with van der Waals surface area (Å²) in [4.78, 5) is 158. The largest absolute Gasteiger partial charge is 0.480 e. The van der Waals surface area contributed by atoms with Crippen molar-refractivity contribution in [2.24, 2.45) is 0 Å². The molecular formula is C47H80N6O23S. The molecule has 0 aromatic heterocycles. The van der Waals surface area contributed by atoms with Crippen molar-refractivity contribution in [2.75, 3.05) is 71.7 Å². The lowest BCUT2D eigenvalue weighted by Crippen LogP contribution is -2.46. The monoisotopic (exact) mass is 1130 g/mol. The van der Waals surface area contributed by atoms with Gasteiger partial charge in [-0.25, -0.2) is 4.79 Å². The van der Waals surface area contributed by atoms with Gasteiger partial charge in [0.15, 0.2) is 17.9 Å². The number of unbranched alkanes of at least 4 members (excludes halogenated alkanes) is 7. The highest BCUT2D eigenvalue weighted by Crippen LogP contribution is 2.13. The van der Waals surface area contributed by atoms with Gasteiger partial charge in [-0.3, -0.25) is 52.7 Å². The molecule has 0 radical (unpaired) electrons. The van der Waals surface area contributed by atoms with Crippen LogP contribution in [0, 0.1) is 0 Å². The highest BCUT2D eigenvalue weighted by molar-refractivity contribution is 7.80. The number of hydrogen-bond acceptors (Lipinski definition) is 23. The van der Waals surface area contributed by atoms with E-state index in [4.69, 9.17) is 29.2 Å². The van der Waals surface area contributed by atoms with Crippen molar-refractivity contribution < 1.29 is 111 Å². The minimum absolute atomic E-state index is 0.0149. The van der Waals surface area contributed by atoms with Gasteiger partial charge in [-0.2, -0.15) is 12.6 Å². The molecule has 30 heteroatoms. The van der Waals surface area contributed by atoms with E-state index < -0.39 is 103 Å². The topological polar surface area (TPSA) is 394 Å². The number of ether oxygens (including phenoxy) is 4. The van der Waals surface area contributed by atoms with Crippen molar-refractivity contribution in [3.63, 3.8) is 0 Å². The molecule has 4 unspecified atom stereocenters. The summed E-state index contributed by atoms with van der Waals surface area (Å²) in [5.74, 6) is -9.50. The summed E-state index contributed by atoms with van der Waals surface area (Å²) in [5.41, 5.74) is 0. The average molecular weight is 1130 g/mol. The fraction of sp³-hybridized carbons (Fsp3) is 0.745. The van der Waals surface area contributed by atoms with Crippen LogP contribution in [0.4, 0.5) is 0 Å². The molecule has 0 spiro atoms. The van der Waals surface area contributed by atoms with Crippen molar-refractivity contribution in [2.45, 2.75) is 155 Å². The first kappa shape index (κ1) is 73.0. The van der Waals surface area contributed by atoms with Gasteiger partial charge in [-0.1, -0.05) is 51.9 Å². The van der Waals surface area contributed by atoms with E-state index in [0.717, 1.165) is 66.2 Å². The number of aliphatic carboxylic acids is 3. The molecule has 0 aromatic carbocycles. The lowest BCUT2D eigenvalue weighted by molar-refractivity contribution is -0.340. The molecule has 0 aliphatic carbocycles. The minimum atomic E-state index is -1.76. The van der Waals surface area contributed by atoms with Crippen molar-refractivity contribution >= 4 is 84.3 Å². The smallest absolute Gasteiger partial charge is 0.328 e. The van der Waals surface area contributed by atoms with Gasteiger partial charge in [0, 0.05) is 76.3 Å². The quantitative estimate of drug-likeness (QED) is 0.0180. The molecule has 0 saturated carbocycles. The molecule has 0 saturated heterocycles. The Morgan fingerprint density at radius 2 is 0.909 bits per heavy atom. The van der Waals surface area contributed by atoms with Crippen LogP contribution in [0.5, 0.6) is 0 Å². The van der Waals surface area contributed by atoms with E-state index in [0.29, 0.717) is 77.0 Å². The Morgan fingerprint density at radius 1 is 0.494 bits per heavy atom. The summed E-state index contributed by atoms with van der Waals surface area (Å²) in [7, 11) is 0. The van der Waals surface area contributed by atoms with Crippen LogP contribution in [0.15, 0.2) is 0 Å². The zero-order chi connectivity index (χ0) is 58.4. The van der Waals surface area contributed by atoms with Gasteiger partial charge in [-0.15, -0.1) is 0 Å². The summed E-state index contributed by atoms with van der Waals surface area (Å²) in [6.45, 7) is 8.61. The summed E-state index contributed by atoms with van der Waals surface area (Å²) >= 11 is 3.92. The number of carbonyl (C=O) groups is 12. The van der Waals surface area contributed by atoms with E-state index in [9.17, 15) is 62.6 Å². The molecule has 0 aliphatic heterocycles. The number of nitrogens with one attached hydrogen (secondary N) is 4. The third-order valence-corrected chi connectivity index (χ3v) is 10.2. The van der Waals surface area contributed by atoms with Crippen LogP contribution >= 0.6 is 12.6 Å². The normalized spacial score (nSPS) is 12.3. The fourth-order valence-electron chi connectivity index (χ4n) is 6.20. The molecule has 4 atom stereocenters. The van der Waals surface area contributed by atoms with Gasteiger partial charge in [0.2, 0.25) is 24.1 Å². The number of ketones is 1. The van der Waals surface area contributed by atoms with Gasteiger partial charge in [0.25, 0.3) is 0 Å². The molecule has 0 bridgehead atoms. The van der Waals surface area contributed by atoms with Crippen molar-refractivity contribution in [3.8, 4) is 0 Å². The first-order valence-electron chi connectivity index (χ1n) is 25.1. The van der Waals surface area contributed by atoms with Crippen LogP contribution in [0.1, 0.15) is 131 Å². The minimum Gasteiger partial charge on any atom is -0.480 e.